The number of ether oxygens (including phenoxy) is 1. The van der Waals surface area contributed by atoms with Gasteiger partial charge in [-0.1, -0.05) is 42.4 Å². The van der Waals surface area contributed by atoms with Crippen LogP contribution in [0.25, 0.3) is 0 Å². The van der Waals surface area contributed by atoms with Crippen molar-refractivity contribution < 1.29 is 9.53 Å². The molecule has 1 amide bonds. The lowest BCUT2D eigenvalue weighted by atomic mass is 9.99. The molecule has 0 radical (unpaired) electrons. The van der Waals surface area contributed by atoms with Crippen LogP contribution in [0.3, 0.4) is 0 Å². The van der Waals surface area contributed by atoms with Crippen molar-refractivity contribution in [2.45, 2.75) is 43.7 Å². The van der Waals surface area contributed by atoms with Crippen LogP contribution in [0.2, 0.25) is 5.02 Å². The van der Waals surface area contributed by atoms with E-state index in [1.54, 1.807) is 6.07 Å². The zero-order valence-corrected chi connectivity index (χ0v) is 17.5. The van der Waals surface area contributed by atoms with Gasteiger partial charge in [0.15, 0.2) is 11.0 Å². The summed E-state index contributed by atoms with van der Waals surface area (Å²) in [5.74, 6) is 2.17. The molecule has 2 aromatic rings. The number of likely N-dealkylation sites (tertiary alicyclic amines) is 1. The van der Waals surface area contributed by atoms with E-state index in [9.17, 15) is 4.79 Å². The van der Waals surface area contributed by atoms with Crippen LogP contribution in [0, 0.1) is 5.92 Å². The van der Waals surface area contributed by atoms with E-state index in [1.165, 1.54) is 11.8 Å². The summed E-state index contributed by atoms with van der Waals surface area (Å²) in [7, 11) is 1.88. The van der Waals surface area contributed by atoms with Gasteiger partial charge in [0.25, 0.3) is 0 Å². The number of rotatable bonds is 6. The number of nitrogens with zero attached hydrogens (tertiary/aromatic N) is 4. The zero-order chi connectivity index (χ0) is 19.4. The Morgan fingerprint density at radius 1 is 1.33 bits per heavy atom. The highest BCUT2D eigenvalue weighted by atomic mass is 35.5. The summed E-state index contributed by atoms with van der Waals surface area (Å²) in [6.45, 7) is 6.13. The van der Waals surface area contributed by atoms with Gasteiger partial charge in [0, 0.05) is 20.1 Å². The van der Waals surface area contributed by atoms with Crippen LogP contribution in [0.4, 0.5) is 0 Å². The highest BCUT2D eigenvalue weighted by Gasteiger charge is 2.26. The van der Waals surface area contributed by atoms with Gasteiger partial charge >= 0.3 is 0 Å². The lowest BCUT2D eigenvalue weighted by Crippen LogP contribution is -2.41. The number of benzene rings is 1. The van der Waals surface area contributed by atoms with Gasteiger partial charge in [0.1, 0.15) is 12.4 Å². The van der Waals surface area contributed by atoms with Crippen molar-refractivity contribution in [1.82, 2.24) is 19.7 Å². The third-order valence-electron chi connectivity index (χ3n) is 4.84. The Balaban J connectivity index is 1.58. The van der Waals surface area contributed by atoms with Crippen molar-refractivity contribution in [3.05, 3.63) is 35.1 Å². The molecule has 1 saturated heterocycles. The van der Waals surface area contributed by atoms with E-state index in [2.05, 4.69) is 17.1 Å². The van der Waals surface area contributed by atoms with Gasteiger partial charge in [-0.05, 0) is 37.8 Å². The molecule has 0 saturated carbocycles. The SMILES string of the molecule is CC1CCN(C(=O)C(C)Sc2nnc(COc3ccccc3Cl)n2C)CC1. The third-order valence-corrected chi connectivity index (χ3v) is 6.28. The first kappa shape index (κ1) is 20.0. The number of thioether (sulfide) groups is 1. The Morgan fingerprint density at radius 3 is 2.74 bits per heavy atom. The van der Waals surface area contributed by atoms with Crippen LogP contribution in [0.5, 0.6) is 5.75 Å². The molecule has 27 heavy (non-hydrogen) atoms. The Labute approximate surface area is 169 Å². The van der Waals surface area contributed by atoms with Gasteiger partial charge in [-0.3, -0.25) is 4.79 Å². The summed E-state index contributed by atoms with van der Waals surface area (Å²) >= 11 is 7.54. The second kappa shape index (κ2) is 8.97. The number of halogens is 1. The smallest absolute Gasteiger partial charge is 0.235 e. The molecule has 1 aromatic carbocycles. The molecule has 0 bridgehead atoms. The average Bonchev–Trinajstić information content (AvgIpc) is 3.01. The molecule has 0 N–H and O–H groups in total. The molecular formula is C19H25ClN4O2S. The predicted molar refractivity (Wildman–Crippen MR) is 107 cm³/mol. The van der Waals surface area contributed by atoms with Gasteiger partial charge in [0.2, 0.25) is 5.91 Å². The van der Waals surface area contributed by atoms with Gasteiger partial charge in [-0.25, -0.2) is 0 Å². The van der Waals surface area contributed by atoms with Crippen molar-refractivity contribution in [1.29, 1.82) is 0 Å². The molecule has 1 aliphatic heterocycles. The lowest BCUT2D eigenvalue weighted by Gasteiger charge is -2.31. The van der Waals surface area contributed by atoms with E-state index < -0.39 is 0 Å². The molecule has 146 valence electrons. The molecule has 1 aliphatic rings. The third kappa shape index (κ3) is 4.96. The number of hydrogen-bond acceptors (Lipinski definition) is 5. The number of carbonyl (C=O) groups excluding carboxylic acids is 1. The molecule has 1 atom stereocenters. The molecular weight excluding hydrogens is 384 g/mol. The number of carbonyl (C=O) groups is 1. The summed E-state index contributed by atoms with van der Waals surface area (Å²) in [4.78, 5) is 14.7. The van der Waals surface area contributed by atoms with Gasteiger partial charge in [0.05, 0.1) is 10.3 Å². The number of para-hydroxylation sites is 1. The number of amides is 1. The quantitative estimate of drug-likeness (QED) is 0.680. The molecule has 6 nitrogen and oxygen atoms in total. The summed E-state index contributed by atoms with van der Waals surface area (Å²) in [6.07, 6.45) is 2.16. The molecule has 1 aromatic heterocycles. The van der Waals surface area contributed by atoms with Crippen LogP contribution >= 0.6 is 23.4 Å². The first-order valence-corrected chi connectivity index (χ1v) is 10.4. The largest absolute Gasteiger partial charge is 0.484 e. The minimum atomic E-state index is -0.196. The van der Waals surface area contributed by atoms with Gasteiger partial charge in [-0.2, -0.15) is 0 Å². The van der Waals surface area contributed by atoms with Gasteiger partial charge < -0.3 is 14.2 Å². The second-order valence-electron chi connectivity index (χ2n) is 6.94. The predicted octanol–water partition coefficient (Wildman–Crippen LogP) is 3.79. The van der Waals surface area contributed by atoms with Gasteiger partial charge in [-0.15, -0.1) is 10.2 Å². The van der Waals surface area contributed by atoms with E-state index in [4.69, 9.17) is 16.3 Å². The Kier molecular flexibility index (Phi) is 6.65. The van der Waals surface area contributed by atoms with Crippen LogP contribution in [0.15, 0.2) is 29.4 Å². The average molecular weight is 409 g/mol. The molecule has 3 rings (SSSR count). The number of hydrogen-bond donors (Lipinski definition) is 0. The fraction of sp³-hybridized carbons (Fsp3) is 0.526. The minimum Gasteiger partial charge on any atom is -0.484 e. The fourth-order valence-electron chi connectivity index (χ4n) is 2.97. The first-order valence-electron chi connectivity index (χ1n) is 9.16. The van der Waals surface area contributed by atoms with E-state index >= 15 is 0 Å². The second-order valence-corrected chi connectivity index (χ2v) is 8.66. The molecule has 0 spiro atoms. The maximum absolute atomic E-state index is 12.7. The van der Waals surface area contributed by atoms with Crippen LogP contribution in [0.1, 0.15) is 32.5 Å². The standard InChI is InChI=1S/C19H25ClN4O2S/c1-13-8-10-24(11-9-13)18(25)14(2)27-19-22-21-17(23(19)3)12-26-16-7-5-4-6-15(16)20/h4-7,13-14H,8-12H2,1-3H3. The van der Waals surface area contributed by atoms with Crippen molar-refractivity contribution >= 4 is 29.3 Å². The number of aromatic nitrogens is 3. The van der Waals surface area contributed by atoms with Crippen molar-refractivity contribution in [3.8, 4) is 5.75 Å². The summed E-state index contributed by atoms with van der Waals surface area (Å²) in [5.41, 5.74) is 0. The minimum absolute atomic E-state index is 0.170. The molecule has 2 heterocycles. The monoisotopic (exact) mass is 408 g/mol. The Bertz CT molecular complexity index is 790. The van der Waals surface area contributed by atoms with Crippen LogP contribution in [-0.2, 0) is 18.4 Å². The summed E-state index contributed by atoms with van der Waals surface area (Å²) < 4.78 is 7.60. The first-order chi connectivity index (χ1) is 13.0. The molecule has 0 aliphatic carbocycles. The fourth-order valence-corrected chi connectivity index (χ4v) is 4.08. The molecule has 1 unspecified atom stereocenters. The lowest BCUT2D eigenvalue weighted by molar-refractivity contribution is -0.131. The van der Waals surface area contributed by atoms with Crippen molar-refractivity contribution in [2.24, 2.45) is 13.0 Å². The van der Waals surface area contributed by atoms with E-state index in [-0.39, 0.29) is 17.8 Å². The maximum Gasteiger partial charge on any atom is 0.235 e. The maximum atomic E-state index is 12.7. The summed E-state index contributed by atoms with van der Waals surface area (Å²) in [6, 6.07) is 7.32. The molecule has 1 fully saturated rings. The van der Waals surface area contributed by atoms with E-state index in [0.29, 0.717) is 27.7 Å². The zero-order valence-electron chi connectivity index (χ0n) is 15.9. The van der Waals surface area contributed by atoms with Crippen LogP contribution in [-0.4, -0.2) is 43.9 Å². The highest BCUT2D eigenvalue weighted by molar-refractivity contribution is 8.00. The normalized spacial score (nSPS) is 16.4. The topological polar surface area (TPSA) is 60.3 Å². The Hall–Kier alpha value is -1.73. The highest BCUT2D eigenvalue weighted by Crippen LogP contribution is 2.27. The molecule has 8 heteroatoms. The van der Waals surface area contributed by atoms with E-state index in [1.807, 2.05) is 41.6 Å². The summed E-state index contributed by atoms with van der Waals surface area (Å²) in [5, 5.41) is 9.49. The van der Waals surface area contributed by atoms with Crippen molar-refractivity contribution in [3.63, 3.8) is 0 Å². The number of piperidine rings is 1. The van der Waals surface area contributed by atoms with E-state index in [0.717, 1.165) is 25.9 Å². The Morgan fingerprint density at radius 2 is 2.04 bits per heavy atom. The van der Waals surface area contributed by atoms with Crippen LogP contribution < -0.4 is 4.74 Å². The van der Waals surface area contributed by atoms with Crippen molar-refractivity contribution in [2.75, 3.05) is 13.1 Å².